The Morgan fingerprint density at radius 1 is 1.17 bits per heavy atom. The molecular formula is C12H15NO4S. The van der Waals surface area contributed by atoms with Gasteiger partial charge in [-0.1, -0.05) is 12.1 Å². The molecule has 2 N–H and O–H groups in total. The van der Waals surface area contributed by atoms with Crippen molar-refractivity contribution in [1.82, 2.24) is 5.32 Å². The van der Waals surface area contributed by atoms with Gasteiger partial charge < -0.3 is 5.32 Å². The molecule has 2 rings (SSSR count). The fraction of sp³-hybridized carbons (Fsp3) is 0.417. The summed E-state index contributed by atoms with van der Waals surface area (Å²) in [6, 6.07) is 6.18. The molecule has 6 heteroatoms. The second-order valence-corrected chi connectivity index (χ2v) is 5.84. The van der Waals surface area contributed by atoms with Crippen molar-refractivity contribution in [1.29, 1.82) is 0 Å². The standard InChI is InChI=1S/C12H15NO4S/c14-12-6-3-10(7-8-13-12)9-1-4-11(5-2-9)18(15,16)17/h1-2,4-5,10H,3,6-8H2,(H,13,14)(H,15,16,17). The number of amides is 1. The molecule has 1 aliphatic rings. The van der Waals surface area contributed by atoms with Crippen molar-refractivity contribution in [3.8, 4) is 0 Å². The lowest BCUT2D eigenvalue weighted by Gasteiger charge is -2.13. The Morgan fingerprint density at radius 2 is 1.83 bits per heavy atom. The van der Waals surface area contributed by atoms with Crippen molar-refractivity contribution in [3.05, 3.63) is 29.8 Å². The predicted molar refractivity (Wildman–Crippen MR) is 65.9 cm³/mol. The summed E-state index contributed by atoms with van der Waals surface area (Å²) in [4.78, 5) is 11.1. The van der Waals surface area contributed by atoms with Crippen LogP contribution in [-0.4, -0.2) is 25.4 Å². The van der Waals surface area contributed by atoms with Gasteiger partial charge in [-0.15, -0.1) is 0 Å². The van der Waals surface area contributed by atoms with Crippen molar-refractivity contribution in [2.45, 2.75) is 30.1 Å². The highest BCUT2D eigenvalue weighted by Gasteiger charge is 2.18. The van der Waals surface area contributed by atoms with Gasteiger partial charge >= 0.3 is 0 Å². The van der Waals surface area contributed by atoms with Gasteiger partial charge in [-0.3, -0.25) is 9.35 Å². The van der Waals surface area contributed by atoms with Gasteiger partial charge in [0.2, 0.25) is 5.91 Å². The second kappa shape index (κ2) is 5.07. The van der Waals surface area contributed by atoms with E-state index in [0.717, 1.165) is 18.4 Å². The molecule has 18 heavy (non-hydrogen) atoms. The molecule has 0 bridgehead atoms. The van der Waals surface area contributed by atoms with Crippen LogP contribution in [0.15, 0.2) is 29.2 Å². The maximum atomic E-state index is 11.2. The average Bonchev–Trinajstić information content (AvgIpc) is 2.53. The lowest BCUT2D eigenvalue weighted by Crippen LogP contribution is -2.21. The molecular weight excluding hydrogens is 254 g/mol. The summed E-state index contributed by atoms with van der Waals surface area (Å²) in [6.45, 7) is 0.642. The van der Waals surface area contributed by atoms with E-state index < -0.39 is 10.1 Å². The Hall–Kier alpha value is -1.40. The highest BCUT2D eigenvalue weighted by Crippen LogP contribution is 2.27. The van der Waals surface area contributed by atoms with Crippen LogP contribution in [0, 0.1) is 0 Å². The summed E-state index contributed by atoms with van der Waals surface area (Å²) in [5.41, 5.74) is 0.999. The normalized spacial score (nSPS) is 21.2. The molecule has 1 heterocycles. The van der Waals surface area contributed by atoms with Crippen LogP contribution in [0.25, 0.3) is 0 Å². The molecule has 1 unspecified atom stereocenters. The van der Waals surface area contributed by atoms with E-state index in [4.69, 9.17) is 4.55 Å². The van der Waals surface area contributed by atoms with E-state index in [1.54, 1.807) is 12.1 Å². The average molecular weight is 269 g/mol. The number of nitrogens with one attached hydrogen (secondary N) is 1. The van der Waals surface area contributed by atoms with Crippen LogP contribution >= 0.6 is 0 Å². The molecule has 98 valence electrons. The summed E-state index contributed by atoms with van der Waals surface area (Å²) in [5.74, 6) is 0.312. The van der Waals surface area contributed by atoms with Crippen LogP contribution in [0.1, 0.15) is 30.7 Å². The number of benzene rings is 1. The van der Waals surface area contributed by atoms with E-state index in [1.165, 1.54) is 12.1 Å². The summed E-state index contributed by atoms with van der Waals surface area (Å²) in [7, 11) is -4.13. The van der Waals surface area contributed by atoms with Gasteiger partial charge in [0.05, 0.1) is 4.90 Å². The third kappa shape index (κ3) is 3.08. The molecule has 0 radical (unpaired) electrons. The Labute approximate surface area is 106 Å². The minimum atomic E-state index is -4.13. The number of carbonyl (C=O) groups excluding carboxylic acids is 1. The lowest BCUT2D eigenvalue weighted by molar-refractivity contribution is -0.120. The first-order valence-corrected chi connectivity index (χ1v) is 7.25. The third-order valence-electron chi connectivity index (χ3n) is 3.18. The topological polar surface area (TPSA) is 83.5 Å². The molecule has 1 fully saturated rings. The maximum Gasteiger partial charge on any atom is 0.294 e. The largest absolute Gasteiger partial charge is 0.356 e. The molecule has 0 saturated carbocycles. The van der Waals surface area contributed by atoms with Gasteiger partial charge in [-0.05, 0) is 36.5 Å². The maximum absolute atomic E-state index is 11.2. The molecule has 1 aromatic rings. The van der Waals surface area contributed by atoms with Crippen molar-refractivity contribution >= 4 is 16.0 Å². The second-order valence-electron chi connectivity index (χ2n) is 4.42. The van der Waals surface area contributed by atoms with E-state index in [1.807, 2.05) is 0 Å². The van der Waals surface area contributed by atoms with E-state index >= 15 is 0 Å². The van der Waals surface area contributed by atoms with Crippen molar-refractivity contribution in [3.63, 3.8) is 0 Å². The van der Waals surface area contributed by atoms with E-state index in [0.29, 0.717) is 13.0 Å². The Morgan fingerprint density at radius 3 is 2.44 bits per heavy atom. The van der Waals surface area contributed by atoms with E-state index in [-0.39, 0.29) is 16.7 Å². The SMILES string of the molecule is O=C1CCC(c2ccc(S(=O)(=O)O)cc2)CCN1. The lowest BCUT2D eigenvalue weighted by atomic mass is 9.92. The first-order valence-electron chi connectivity index (χ1n) is 5.81. The van der Waals surface area contributed by atoms with Gasteiger partial charge in [0.1, 0.15) is 0 Å². The number of hydrogen-bond acceptors (Lipinski definition) is 3. The quantitative estimate of drug-likeness (QED) is 0.793. The monoisotopic (exact) mass is 269 g/mol. The number of hydrogen-bond donors (Lipinski definition) is 2. The molecule has 5 nitrogen and oxygen atoms in total. The number of rotatable bonds is 2. The van der Waals surface area contributed by atoms with E-state index in [9.17, 15) is 13.2 Å². The molecule has 1 saturated heterocycles. The van der Waals surface area contributed by atoms with Crippen molar-refractivity contribution < 1.29 is 17.8 Å². The summed E-state index contributed by atoms with van der Waals surface area (Å²) >= 11 is 0. The van der Waals surface area contributed by atoms with Crippen LogP contribution in [0.3, 0.4) is 0 Å². The zero-order valence-corrected chi connectivity index (χ0v) is 10.6. The van der Waals surface area contributed by atoms with E-state index in [2.05, 4.69) is 5.32 Å². The summed E-state index contributed by atoms with van der Waals surface area (Å²) in [6.07, 6.45) is 2.10. The smallest absolute Gasteiger partial charge is 0.294 e. The van der Waals surface area contributed by atoms with Crippen LogP contribution in [0.4, 0.5) is 0 Å². The molecule has 1 atom stereocenters. The van der Waals surface area contributed by atoms with Crippen LogP contribution in [0.2, 0.25) is 0 Å². The van der Waals surface area contributed by atoms with Gasteiger partial charge in [-0.25, -0.2) is 0 Å². The fourth-order valence-electron chi connectivity index (χ4n) is 2.17. The van der Waals surface area contributed by atoms with Crippen LogP contribution < -0.4 is 5.32 Å². The number of carbonyl (C=O) groups is 1. The molecule has 1 amide bonds. The molecule has 0 aromatic heterocycles. The minimum absolute atomic E-state index is 0.0621. The Balaban J connectivity index is 2.16. The summed E-state index contributed by atoms with van der Waals surface area (Å²) < 4.78 is 30.7. The van der Waals surface area contributed by atoms with Gasteiger partial charge in [0, 0.05) is 13.0 Å². The highest BCUT2D eigenvalue weighted by atomic mass is 32.2. The van der Waals surface area contributed by atoms with Crippen LogP contribution in [0.5, 0.6) is 0 Å². The first-order chi connectivity index (χ1) is 8.47. The van der Waals surface area contributed by atoms with Crippen LogP contribution in [-0.2, 0) is 14.9 Å². The van der Waals surface area contributed by atoms with Gasteiger partial charge in [-0.2, -0.15) is 8.42 Å². The van der Waals surface area contributed by atoms with Gasteiger partial charge in [0.25, 0.3) is 10.1 Å². The molecule has 1 aromatic carbocycles. The zero-order valence-electron chi connectivity index (χ0n) is 9.80. The minimum Gasteiger partial charge on any atom is -0.356 e. The van der Waals surface area contributed by atoms with Gasteiger partial charge in [0.15, 0.2) is 0 Å². The highest BCUT2D eigenvalue weighted by molar-refractivity contribution is 7.85. The Bertz CT molecular complexity index is 536. The fourth-order valence-corrected chi connectivity index (χ4v) is 2.65. The Kier molecular flexibility index (Phi) is 3.68. The summed E-state index contributed by atoms with van der Waals surface area (Å²) in [5, 5.41) is 2.81. The third-order valence-corrected chi connectivity index (χ3v) is 4.05. The molecule has 0 aliphatic carbocycles. The zero-order chi connectivity index (χ0) is 13.2. The molecule has 1 aliphatic heterocycles. The van der Waals surface area contributed by atoms with Crippen molar-refractivity contribution in [2.24, 2.45) is 0 Å². The molecule has 0 spiro atoms. The predicted octanol–water partition coefficient (Wildman–Crippen LogP) is 1.32. The van der Waals surface area contributed by atoms with Crippen molar-refractivity contribution in [2.75, 3.05) is 6.54 Å². The first kappa shape index (κ1) is 13.0.